The molecule has 3 aromatic rings. The summed E-state index contributed by atoms with van der Waals surface area (Å²) in [4.78, 5) is 27.5. The zero-order valence-corrected chi connectivity index (χ0v) is 17.4. The number of halogens is 4. The van der Waals surface area contributed by atoms with E-state index >= 15 is 0 Å². The number of benzene rings is 2. The van der Waals surface area contributed by atoms with E-state index in [1.807, 2.05) is 5.32 Å². The average Bonchev–Trinajstić information content (AvgIpc) is 3.07. The molecule has 0 aliphatic heterocycles. The molecule has 0 unspecified atom stereocenters. The second-order valence-corrected chi connectivity index (χ2v) is 7.39. The summed E-state index contributed by atoms with van der Waals surface area (Å²) in [6.07, 6.45) is 0. The number of thiocarbonyl (C=S) groups is 1. The van der Waals surface area contributed by atoms with E-state index in [1.165, 1.54) is 6.92 Å². The van der Waals surface area contributed by atoms with Crippen LogP contribution >= 0.6 is 23.6 Å². The van der Waals surface area contributed by atoms with Crippen LogP contribution in [0.5, 0.6) is 5.75 Å². The minimum atomic E-state index is -1.93. The van der Waals surface area contributed by atoms with Crippen molar-refractivity contribution in [2.24, 2.45) is 0 Å². The van der Waals surface area contributed by atoms with Crippen LogP contribution in [0.1, 0.15) is 17.3 Å². The lowest BCUT2D eigenvalue weighted by Crippen LogP contribution is -2.35. The van der Waals surface area contributed by atoms with Gasteiger partial charge in [-0.25, -0.2) is 13.8 Å². The molecule has 0 atom stereocenters. The molecule has 31 heavy (non-hydrogen) atoms. The van der Waals surface area contributed by atoms with Crippen molar-refractivity contribution in [3.8, 4) is 5.75 Å². The maximum absolute atomic E-state index is 14.1. The topological polar surface area (TPSA) is 92.3 Å². The third-order valence-electron chi connectivity index (χ3n) is 3.81. The molecule has 7 nitrogen and oxygen atoms in total. The highest BCUT2D eigenvalue weighted by Gasteiger charge is 2.30. The summed E-state index contributed by atoms with van der Waals surface area (Å²) in [5.74, 6) is -10.6. The number of hydrogen-bond acceptors (Lipinski definition) is 6. The number of thiazole rings is 1. The maximum atomic E-state index is 14.1. The molecule has 13 heteroatoms. The van der Waals surface area contributed by atoms with Gasteiger partial charge in [0.2, 0.25) is 17.5 Å². The van der Waals surface area contributed by atoms with E-state index in [0.717, 1.165) is 18.4 Å². The second-order valence-electron chi connectivity index (χ2n) is 5.96. The number of aromatic nitrogens is 1. The maximum Gasteiger partial charge on any atom is 0.263 e. The Bertz CT molecular complexity index is 1200. The average molecular weight is 472 g/mol. The Hall–Kier alpha value is -3.32. The Morgan fingerprint density at radius 3 is 2.29 bits per heavy atom. The number of nitrogens with one attached hydrogen (secondary N) is 3. The Balaban J connectivity index is 1.78. The zero-order chi connectivity index (χ0) is 22.9. The summed E-state index contributed by atoms with van der Waals surface area (Å²) < 4.78 is 60.7. The van der Waals surface area contributed by atoms with Gasteiger partial charge in [0.1, 0.15) is 5.56 Å². The van der Waals surface area contributed by atoms with Gasteiger partial charge in [0.05, 0.1) is 17.3 Å². The fourth-order valence-corrected chi connectivity index (χ4v) is 3.71. The number of amides is 2. The first-order valence-corrected chi connectivity index (χ1v) is 9.55. The van der Waals surface area contributed by atoms with E-state index in [4.69, 9.17) is 12.2 Å². The lowest BCUT2D eigenvalue weighted by Gasteiger charge is -2.11. The molecule has 0 saturated carbocycles. The minimum Gasteiger partial charge on any atom is -0.491 e. The lowest BCUT2D eigenvalue weighted by atomic mass is 10.1. The van der Waals surface area contributed by atoms with Gasteiger partial charge in [0.25, 0.3) is 5.91 Å². The molecule has 3 N–H and O–H groups in total. The first-order valence-electron chi connectivity index (χ1n) is 8.32. The summed E-state index contributed by atoms with van der Waals surface area (Å²) in [5.41, 5.74) is -0.406. The molecule has 162 valence electrons. The predicted molar refractivity (Wildman–Crippen MR) is 110 cm³/mol. The molecule has 0 aliphatic carbocycles. The number of nitrogens with zero attached hydrogens (tertiary/aromatic N) is 1. The summed E-state index contributed by atoms with van der Waals surface area (Å²) >= 11 is 6.02. The van der Waals surface area contributed by atoms with Crippen LogP contribution < -0.4 is 20.7 Å². The van der Waals surface area contributed by atoms with Crippen molar-refractivity contribution in [1.29, 1.82) is 0 Å². The van der Waals surface area contributed by atoms with Crippen molar-refractivity contribution in [2.75, 3.05) is 17.7 Å². The summed E-state index contributed by atoms with van der Waals surface area (Å²) in [6.45, 7) is 1.36. The van der Waals surface area contributed by atoms with Crippen molar-refractivity contribution in [3.05, 3.63) is 47.0 Å². The van der Waals surface area contributed by atoms with Gasteiger partial charge >= 0.3 is 0 Å². The van der Waals surface area contributed by atoms with Gasteiger partial charge in [0, 0.05) is 12.6 Å². The highest BCUT2D eigenvalue weighted by molar-refractivity contribution is 7.80. The fourth-order valence-electron chi connectivity index (χ4n) is 2.54. The SMILES string of the molecule is COc1c(F)c(F)c(C(=O)NC(=S)Nc2nc3ccc(NC(C)=O)cc3s2)c(F)c1F. The van der Waals surface area contributed by atoms with Crippen LogP contribution in [0.2, 0.25) is 0 Å². The Morgan fingerprint density at radius 2 is 1.71 bits per heavy atom. The predicted octanol–water partition coefficient (Wildman–Crippen LogP) is 3.95. The molecule has 1 heterocycles. The molecular weight excluding hydrogens is 460 g/mol. The van der Waals surface area contributed by atoms with Crippen LogP contribution in [0.3, 0.4) is 0 Å². The monoisotopic (exact) mass is 472 g/mol. The summed E-state index contributed by atoms with van der Waals surface area (Å²) in [5, 5.41) is 6.90. The van der Waals surface area contributed by atoms with E-state index in [9.17, 15) is 27.2 Å². The van der Waals surface area contributed by atoms with Gasteiger partial charge < -0.3 is 15.4 Å². The number of rotatable bonds is 4. The quantitative estimate of drug-likeness (QED) is 0.303. The molecule has 2 amide bonds. The van der Waals surface area contributed by atoms with E-state index in [-0.39, 0.29) is 11.0 Å². The van der Waals surface area contributed by atoms with E-state index < -0.39 is 45.6 Å². The minimum absolute atomic E-state index is 0.216. The number of carbonyl (C=O) groups is 2. The summed E-state index contributed by atoms with van der Waals surface area (Å²) in [7, 11) is 0.816. The molecule has 0 aliphatic rings. The number of hydrogen-bond donors (Lipinski definition) is 3. The van der Waals surface area contributed by atoms with Crippen LogP contribution in [0, 0.1) is 23.3 Å². The third-order valence-corrected chi connectivity index (χ3v) is 4.95. The van der Waals surface area contributed by atoms with Crippen LogP contribution in [0.25, 0.3) is 10.2 Å². The molecule has 1 aromatic heterocycles. The Labute approximate surface area is 181 Å². The second kappa shape index (κ2) is 8.81. The lowest BCUT2D eigenvalue weighted by molar-refractivity contribution is -0.114. The van der Waals surface area contributed by atoms with E-state index in [1.54, 1.807) is 18.2 Å². The largest absolute Gasteiger partial charge is 0.491 e. The molecule has 0 saturated heterocycles. The van der Waals surface area contributed by atoms with Crippen molar-refractivity contribution >= 4 is 61.5 Å². The first-order chi connectivity index (χ1) is 14.6. The zero-order valence-electron chi connectivity index (χ0n) is 15.7. The highest BCUT2D eigenvalue weighted by Crippen LogP contribution is 2.30. The van der Waals surface area contributed by atoms with E-state index in [0.29, 0.717) is 15.9 Å². The molecule has 0 bridgehead atoms. The molecule has 3 rings (SSSR count). The number of carbonyl (C=O) groups excluding carboxylic acids is 2. The van der Waals surface area contributed by atoms with E-state index in [2.05, 4.69) is 20.4 Å². The van der Waals surface area contributed by atoms with Crippen molar-refractivity contribution in [3.63, 3.8) is 0 Å². The molecule has 0 radical (unpaired) electrons. The van der Waals surface area contributed by atoms with Crippen LogP contribution in [0.15, 0.2) is 18.2 Å². The van der Waals surface area contributed by atoms with Crippen molar-refractivity contribution in [2.45, 2.75) is 6.92 Å². The molecular formula is C18H12F4N4O3S2. The fraction of sp³-hybridized carbons (Fsp3) is 0.111. The number of anilines is 2. The van der Waals surface area contributed by atoms with Crippen LogP contribution in [-0.4, -0.2) is 29.0 Å². The van der Waals surface area contributed by atoms with Gasteiger partial charge in [-0.2, -0.15) is 8.78 Å². The highest BCUT2D eigenvalue weighted by atomic mass is 32.1. The van der Waals surface area contributed by atoms with Gasteiger partial charge in [0.15, 0.2) is 27.6 Å². The Kier molecular flexibility index (Phi) is 6.36. The smallest absolute Gasteiger partial charge is 0.263 e. The molecule has 0 spiro atoms. The van der Waals surface area contributed by atoms with Crippen LogP contribution in [0.4, 0.5) is 28.4 Å². The van der Waals surface area contributed by atoms with Gasteiger partial charge in [-0.05, 0) is 30.4 Å². The normalized spacial score (nSPS) is 10.6. The molecule has 2 aromatic carbocycles. The van der Waals surface area contributed by atoms with Crippen molar-refractivity contribution < 1.29 is 31.9 Å². The summed E-state index contributed by atoms with van der Waals surface area (Å²) in [6, 6.07) is 4.93. The van der Waals surface area contributed by atoms with Crippen molar-refractivity contribution in [1.82, 2.24) is 10.3 Å². The number of methoxy groups -OCH3 is 1. The molecule has 0 fully saturated rings. The third kappa shape index (κ3) is 4.56. The standard InChI is InChI=1S/C18H12F4N4O3S2/c1-6(27)23-7-3-4-8-9(5-7)31-18(24-8)26-17(30)25-16(28)10-11(19)13(21)15(29-2)14(22)12(10)20/h3-5H,1-2H3,(H,23,27)(H2,24,25,26,28,30). The van der Waals surface area contributed by atoms with Crippen LogP contribution in [-0.2, 0) is 4.79 Å². The first kappa shape index (κ1) is 22.4. The van der Waals surface area contributed by atoms with Gasteiger partial charge in [-0.3, -0.25) is 14.9 Å². The van der Waals surface area contributed by atoms with Gasteiger partial charge in [-0.15, -0.1) is 0 Å². The number of fused-ring (bicyclic) bond motifs is 1. The number of ether oxygens (including phenoxy) is 1. The van der Waals surface area contributed by atoms with Gasteiger partial charge in [-0.1, -0.05) is 11.3 Å². The Morgan fingerprint density at radius 1 is 1.06 bits per heavy atom.